The largest absolute Gasteiger partial charge is 0.351 e. The lowest BCUT2D eigenvalue weighted by Crippen LogP contribution is -2.60. The Bertz CT molecular complexity index is 874. The molecule has 0 bridgehead atoms. The van der Waals surface area contributed by atoms with Gasteiger partial charge in [0.15, 0.2) is 9.84 Å². The number of aryl methyl sites for hydroxylation is 1. The van der Waals surface area contributed by atoms with Gasteiger partial charge in [0, 0.05) is 23.9 Å². The molecule has 0 unspecified atom stereocenters. The first-order valence-corrected chi connectivity index (χ1v) is 11.9. The zero-order valence-electron chi connectivity index (χ0n) is 14.9. The molecule has 2 fully saturated rings. The number of hydrogen-bond donors (Lipinski definition) is 1. The molecular formula is C18H24N4O2S2. The molecule has 2 aliphatic rings. The molecule has 0 atom stereocenters. The van der Waals surface area contributed by atoms with E-state index in [-0.39, 0.29) is 11.5 Å². The summed E-state index contributed by atoms with van der Waals surface area (Å²) >= 11 is 1.70. The topological polar surface area (TPSA) is 84.8 Å². The molecule has 26 heavy (non-hydrogen) atoms. The predicted octanol–water partition coefficient (Wildman–Crippen LogP) is 3.32. The van der Waals surface area contributed by atoms with Crippen molar-refractivity contribution in [1.29, 1.82) is 0 Å². The van der Waals surface area contributed by atoms with Crippen molar-refractivity contribution in [1.82, 2.24) is 15.0 Å². The minimum atomic E-state index is -2.76. The Labute approximate surface area is 158 Å². The second kappa shape index (κ2) is 6.88. The maximum atomic E-state index is 11.4. The highest BCUT2D eigenvalue weighted by molar-refractivity contribution is 7.92. The molecule has 3 heterocycles. The van der Waals surface area contributed by atoms with Crippen LogP contribution in [0.2, 0.25) is 0 Å². The molecule has 0 amide bonds. The summed E-state index contributed by atoms with van der Waals surface area (Å²) in [6.07, 6.45) is 10.1. The van der Waals surface area contributed by atoms with Crippen LogP contribution in [0.25, 0.3) is 10.6 Å². The van der Waals surface area contributed by atoms with Gasteiger partial charge in [0.25, 0.3) is 0 Å². The monoisotopic (exact) mass is 392 g/mol. The van der Waals surface area contributed by atoms with Gasteiger partial charge in [-0.3, -0.25) is 0 Å². The van der Waals surface area contributed by atoms with E-state index >= 15 is 0 Å². The van der Waals surface area contributed by atoms with E-state index in [0.717, 1.165) is 34.8 Å². The minimum Gasteiger partial charge on any atom is -0.351 e. The van der Waals surface area contributed by atoms with Crippen molar-refractivity contribution in [3.8, 4) is 10.6 Å². The maximum Gasteiger partial charge on any atom is 0.223 e. The number of anilines is 1. The fourth-order valence-electron chi connectivity index (χ4n) is 4.03. The highest BCUT2D eigenvalue weighted by Crippen LogP contribution is 2.50. The van der Waals surface area contributed by atoms with Gasteiger partial charge < -0.3 is 5.32 Å². The van der Waals surface area contributed by atoms with Crippen molar-refractivity contribution < 1.29 is 8.42 Å². The van der Waals surface area contributed by atoms with Crippen LogP contribution < -0.4 is 5.32 Å². The Morgan fingerprint density at radius 3 is 2.81 bits per heavy atom. The van der Waals surface area contributed by atoms with Crippen molar-refractivity contribution in [3.05, 3.63) is 23.5 Å². The first-order valence-electron chi connectivity index (χ1n) is 9.22. The highest BCUT2D eigenvalue weighted by Gasteiger charge is 2.56. The lowest BCUT2D eigenvalue weighted by molar-refractivity contribution is 0.153. The summed E-state index contributed by atoms with van der Waals surface area (Å²) in [6.45, 7) is 2.20. The van der Waals surface area contributed by atoms with Crippen LogP contribution in [0.4, 0.5) is 5.95 Å². The third-order valence-electron chi connectivity index (χ3n) is 5.20. The summed E-state index contributed by atoms with van der Waals surface area (Å²) in [6, 6.07) is 2.18. The van der Waals surface area contributed by atoms with Crippen molar-refractivity contribution in [2.75, 3.05) is 16.8 Å². The van der Waals surface area contributed by atoms with Gasteiger partial charge in [-0.25, -0.2) is 23.4 Å². The molecule has 0 radical (unpaired) electrons. The summed E-state index contributed by atoms with van der Waals surface area (Å²) < 4.78 is 22.8. The van der Waals surface area contributed by atoms with E-state index in [1.54, 1.807) is 17.5 Å². The van der Waals surface area contributed by atoms with Crippen LogP contribution >= 0.6 is 11.3 Å². The smallest absolute Gasteiger partial charge is 0.223 e. The number of aromatic nitrogens is 3. The summed E-state index contributed by atoms with van der Waals surface area (Å²) in [5, 5.41) is 4.52. The zero-order valence-corrected chi connectivity index (χ0v) is 16.6. The van der Waals surface area contributed by atoms with Crippen molar-refractivity contribution >= 4 is 27.1 Å². The summed E-state index contributed by atoms with van der Waals surface area (Å²) in [4.78, 5) is 14.5. The number of rotatable bonds is 7. The number of hydrogen-bond acceptors (Lipinski definition) is 7. The molecule has 2 aromatic rings. The van der Waals surface area contributed by atoms with Gasteiger partial charge in [0.05, 0.1) is 27.1 Å². The summed E-state index contributed by atoms with van der Waals surface area (Å²) in [7, 11) is -2.76. The van der Waals surface area contributed by atoms with Crippen LogP contribution in [0.15, 0.2) is 18.5 Å². The summed E-state index contributed by atoms with van der Waals surface area (Å²) in [5.41, 5.74) is 0.918. The normalized spacial score (nSPS) is 20.5. The molecule has 1 N–H and O–H groups in total. The molecule has 140 valence electrons. The lowest BCUT2D eigenvalue weighted by atomic mass is 9.67. The van der Waals surface area contributed by atoms with Crippen LogP contribution in [0.1, 0.15) is 44.0 Å². The van der Waals surface area contributed by atoms with E-state index in [1.807, 2.05) is 12.3 Å². The fourth-order valence-corrected chi connectivity index (χ4v) is 7.21. The van der Waals surface area contributed by atoms with Crippen LogP contribution in [0, 0.1) is 5.41 Å². The zero-order chi connectivity index (χ0) is 18.2. The van der Waals surface area contributed by atoms with Crippen molar-refractivity contribution in [2.24, 2.45) is 5.41 Å². The molecule has 1 saturated carbocycles. The number of nitrogens with zero attached hydrogens (tertiary/aromatic N) is 3. The molecular weight excluding hydrogens is 368 g/mol. The van der Waals surface area contributed by atoms with Crippen LogP contribution in [-0.4, -0.2) is 40.9 Å². The molecule has 4 rings (SSSR count). The Kier molecular flexibility index (Phi) is 4.73. The van der Waals surface area contributed by atoms with Crippen molar-refractivity contribution in [2.45, 2.75) is 51.5 Å². The van der Waals surface area contributed by atoms with Gasteiger partial charge in [-0.15, -0.1) is 11.3 Å². The van der Waals surface area contributed by atoms with E-state index in [2.05, 4.69) is 27.2 Å². The fraction of sp³-hybridized carbons (Fsp3) is 0.611. The molecule has 2 aromatic heterocycles. The van der Waals surface area contributed by atoms with Crippen LogP contribution in [0.3, 0.4) is 0 Å². The SMILES string of the molecule is CCCCCc1ncc(-c2ccnc(NC3CC4(C3)CS(=O)(=O)C4)n2)s1. The summed E-state index contributed by atoms with van der Waals surface area (Å²) in [5.74, 6) is 1.31. The van der Waals surface area contributed by atoms with Gasteiger partial charge in [0.1, 0.15) is 0 Å². The van der Waals surface area contributed by atoms with Crippen molar-refractivity contribution in [3.63, 3.8) is 0 Å². The van der Waals surface area contributed by atoms with E-state index < -0.39 is 9.84 Å². The van der Waals surface area contributed by atoms with Gasteiger partial charge in [0.2, 0.25) is 5.95 Å². The average molecular weight is 393 g/mol. The Morgan fingerprint density at radius 2 is 2.08 bits per heavy atom. The Balaban J connectivity index is 1.35. The predicted molar refractivity (Wildman–Crippen MR) is 104 cm³/mol. The van der Waals surface area contributed by atoms with Gasteiger partial charge in [-0.2, -0.15) is 0 Å². The molecule has 1 aliphatic carbocycles. The van der Waals surface area contributed by atoms with Gasteiger partial charge in [-0.1, -0.05) is 19.8 Å². The van der Waals surface area contributed by atoms with Gasteiger partial charge >= 0.3 is 0 Å². The molecule has 1 spiro atoms. The number of unbranched alkanes of at least 4 members (excludes halogenated alkanes) is 2. The van der Waals surface area contributed by atoms with Gasteiger partial charge in [-0.05, 0) is 31.7 Å². The molecule has 1 saturated heterocycles. The number of thiazole rings is 1. The third kappa shape index (κ3) is 3.76. The van der Waals surface area contributed by atoms with Crippen LogP contribution in [-0.2, 0) is 16.3 Å². The molecule has 0 aromatic carbocycles. The van der Waals surface area contributed by atoms with E-state index in [0.29, 0.717) is 17.5 Å². The Hall–Kier alpha value is -1.54. The quantitative estimate of drug-likeness (QED) is 0.728. The van der Waals surface area contributed by atoms with Crippen LogP contribution in [0.5, 0.6) is 0 Å². The standard InChI is InChI=1S/C18H24N4O2S2/c1-2-3-4-5-16-20-10-15(25-16)14-6-7-19-17(22-14)21-13-8-18(9-13)11-26(23,24)12-18/h6-7,10,13H,2-5,8-9,11-12H2,1H3,(H,19,21,22). The third-order valence-corrected chi connectivity index (χ3v) is 8.38. The van der Waals surface area contributed by atoms with E-state index in [9.17, 15) is 8.42 Å². The average Bonchev–Trinajstić information content (AvgIpc) is 3.01. The number of nitrogens with one attached hydrogen (secondary N) is 1. The molecule has 8 heteroatoms. The minimum absolute atomic E-state index is 0.0270. The maximum absolute atomic E-state index is 11.4. The molecule has 6 nitrogen and oxygen atoms in total. The first-order chi connectivity index (χ1) is 12.5. The second-order valence-corrected chi connectivity index (χ2v) is 10.8. The lowest BCUT2D eigenvalue weighted by Gasteiger charge is -2.53. The van der Waals surface area contributed by atoms with E-state index in [1.165, 1.54) is 19.3 Å². The molecule has 1 aliphatic heterocycles. The highest BCUT2D eigenvalue weighted by atomic mass is 32.2. The van der Waals surface area contributed by atoms with E-state index in [4.69, 9.17) is 0 Å². The second-order valence-electron chi connectivity index (χ2n) is 7.62. The Morgan fingerprint density at radius 1 is 1.27 bits per heavy atom. The number of sulfone groups is 1. The first kappa shape index (κ1) is 17.9.